The van der Waals surface area contributed by atoms with Crippen molar-refractivity contribution in [3.63, 3.8) is 0 Å². The quantitative estimate of drug-likeness (QED) is 0.726. The zero-order chi connectivity index (χ0) is 12.2. The third kappa shape index (κ3) is 3.24. The Bertz CT molecular complexity index is 452. The molecule has 0 aliphatic heterocycles. The van der Waals surface area contributed by atoms with E-state index in [4.69, 9.17) is 5.26 Å². The summed E-state index contributed by atoms with van der Waals surface area (Å²) in [6.45, 7) is 0. The Labute approximate surface area is 89.6 Å². The number of nitriles is 1. The summed E-state index contributed by atoms with van der Waals surface area (Å²) in [4.78, 5) is 10.5. The molecule has 0 amide bonds. The van der Waals surface area contributed by atoms with Gasteiger partial charge < -0.3 is 0 Å². The van der Waals surface area contributed by atoms with Crippen molar-refractivity contribution in [2.24, 2.45) is 0 Å². The number of allylic oxidation sites excluding steroid dienone is 1. The number of alkyl halides is 3. The molecule has 0 aliphatic carbocycles. The summed E-state index contributed by atoms with van der Waals surface area (Å²) >= 11 is 0. The fraction of sp³-hybridized carbons (Fsp3) is 0.0909. The molecule has 0 bridgehead atoms. The van der Waals surface area contributed by atoms with Crippen molar-refractivity contribution in [1.82, 2.24) is 0 Å². The van der Waals surface area contributed by atoms with E-state index in [1.165, 1.54) is 24.3 Å². The second-order valence-corrected chi connectivity index (χ2v) is 2.93. The number of nitrogens with zero attached hydrogens (tertiary/aromatic N) is 1. The minimum Gasteiger partial charge on any atom is -0.285 e. The molecule has 1 rings (SSSR count). The van der Waals surface area contributed by atoms with E-state index >= 15 is 0 Å². The average Bonchev–Trinajstić information content (AvgIpc) is 2.25. The molecule has 0 atom stereocenters. The SMILES string of the molecule is N#Cc1ccc(/C=C/C(=O)C(F)(F)F)cc1. The smallest absolute Gasteiger partial charge is 0.285 e. The molecule has 0 saturated heterocycles. The molecule has 0 aliphatic rings. The first-order valence-electron chi connectivity index (χ1n) is 4.23. The van der Waals surface area contributed by atoms with Crippen LogP contribution < -0.4 is 0 Å². The second kappa shape index (κ2) is 4.62. The van der Waals surface area contributed by atoms with E-state index in [1.54, 1.807) is 0 Å². The van der Waals surface area contributed by atoms with E-state index < -0.39 is 12.0 Å². The molecule has 0 radical (unpaired) electrons. The molecular weight excluding hydrogens is 219 g/mol. The maximum Gasteiger partial charge on any atom is 0.454 e. The third-order valence-electron chi connectivity index (χ3n) is 1.75. The summed E-state index contributed by atoms with van der Waals surface area (Å²) < 4.78 is 35.5. The molecular formula is C11H6F3NO. The first-order chi connectivity index (χ1) is 7.43. The number of hydrogen-bond acceptors (Lipinski definition) is 2. The van der Waals surface area contributed by atoms with E-state index in [1.807, 2.05) is 6.07 Å². The molecule has 5 heteroatoms. The minimum atomic E-state index is -4.84. The van der Waals surface area contributed by atoms with E-state index in [2.05, 4.69) is 0 Å². The highest BCUT2D eigenvalue weighted by atomic mass is 19.4. The number of ketones is 1. The summed E-state index contributed by atoms with van der Waals surface area (Å²) in [5.74, 6) is -1.91. The molecule has 0 aromatic heterocycles. The summed E-state index contributed by atoms with van der Waals surface area (Å²) in [5.41, 5.74) is 0.830. The van der Waals surface area contributed by atoms with Gasteiger partial charge in [-0.25, -0.2) is 0 Å². The molecule has 0 N–H and O–H groups in total. The zero-order valence-electron chi connectivity index (χ0n) is 7.95. The van der Waals surface area contributed by atoms with Crippen molar-refractivity contribution in [3.8, 4) is 6.07 Å². The fourth-order valence-corrected chi connectivity index (χ4v) is 0.935. The van der Waals surface area contributed by atoms with Crippen LogP contribution in [0.25, 0.3) is 6.08 Å². The number of rotatable bonds is 2. The number of hydrogen-bond donors (Lipinski definition) is 0. The summed E-state index contributed by atoms with van der Waals surface area (Å²) in [6.07, 6.45) is -3.33. The van der Waals surface area contributed by atoms with Crippen molar-refractivity contribution >= 4 is 11.9 Å². The molecule has 0 fully saturated rings. The lowest BCUT2D eigenvalue weighted by Gasteiger charge is -1.99. The standard InChI is InChI=1S/C11H6F3NO/c12-11(13,14)10(16)6-5-8-1-3-9(7-15)4-2-8/h1-6H/b6-5+. The normalized spacial score (nSPS) is 11.4. The number of halogens is 3. The lowest BCUT2D eigenvalue weighted by Crippen LogP contribution is -2.19. The van der Waals surface area contributed by atoms with Crippen LogP contribution in [0.5, 0.6) is 0 Å². The molecule has 0 saturated carbocycles. The van der Waals surface area contributed by atoms with Crippen molar-refractivity contribution in [2.45, 2.75) is 6.18 Å². The van der Waals surface area contributed by atoms with Crippen LogP contribution in [0.3, 0.4) is 0 Å². The summed E-state index contributed by atoms with van der Waals surface area (Å²) in [7, 11) is 0. The van der Waals surface area contributed by atoms with Gasteiger partial charge in [-0.3, -0.25) is 4.79 Å². The number of benzene rings is 1. The molecule has 1 aromatic carbocycles. The molecule has 1 aromatic rings. The van der Waals surface area contributed by atoms with Crippen molar-refractivity contribution in [2.75, 3.05) is 0 Å². The molecule has 82 valence electrons. The van der Waals surface area contributed by atoms with Crippen LogP contribution in [0.15, 0.2) is 30.3 Å². The van der Waals surface area contributed by atoms with Crippen LogP contribution >= 0.6 is 0 Å². The van der Waals surface area contributed by atoms with Crippen LogP contribution in [0, 0.1) is 11.3 Å². The summed E-state index contributed by atoms with van der Waals surface area (Å²) in [6, 6.07) is 7.70. The van der Waals surface area contributed by atoms with Gasteiger partial charge in [0.15, 0.2) is 0 Å². The predicted molar refractivity (Wildman–Crippen MR) is 51.3 cm³/mol. The van der Waals surface area contributed by atoms with Gasteiger partial charge in [0.05, 0.1) is 11.6 Å². The van der Waals surface area contributed by atoms with Gasteiger partial charge in [0.25, 0.3) is 5.78 Å². The Kier molecular flexibility index (Phi) is 3.46. The van der Waals surface area contributed by atoms with Gasteiger partial charge in [-0.2, -0.15) is 18.4 Å². The maximum atomic E-state index is 11.8. The van der Waals surface area contributed by atoms with Crippen LogP contribution in [-0.4, -0.2) is 12.0 Å². The zero-order valence-corrected chi connectivity index (χ0v) is 7.95. The third-order valence-corrected chi connectivity index (χ3v) is 1.75. The van der Waals surface area contributed by atoms with Gasteiger partial charge in [0.2, 0.25) is 0 Å². The highest BCUT2D eigenvalue weighted by Crippen LogP contribution is 2.17. The fourth-order valence-electron chi connectivity index (χ4n) is 0.935. The van der Waals surface area contributed by atoms with Crippen LogP contribution in [0.4, 0.5) is 13.2 Å². The van der Waals surface area contributed by atoms with E-state index in [-0.39, 0.29) is 0 Å². The highest BCUT2D eigenvalue weighted by Gasteiger charge is 2.35. The van der Waals surface area contributed by atoms with Gasteiger partial charge in [-0.05, 0) is 23.8 Å². The molecule has 0 spiro atoms. The molecule has 16 heavy (non-hydrogen) atoms. The molecule has 0 unspecified atom stereocenters. The summed E-state index contributed by atoms with van der Waals surface area (Å²) in [5, 5.41) is 8.48. The van der Waals surface area contributed by atoms with E-state index in [9.17, 15) is 18.0 Å². The van der Waals surface area contributed by atoms with Crippen molar-refractivity contribution in [3.05, 3.63) is 41.5 Å². The van der Waals surface area contributed by atoms with Crippen LogP contribution in [-0.2, 0) is 4.79 Å². The van der Waals surface area contributed by atoms with Gasteiger partial charge in [0.1, 0.15) is 0 Å². The van der Waals surface area contributed by atoms with Crippen molar-refractivity contribution in [1.29, 1.82) is 5.26 Å². The number of carbonyl (C=O) groups is 1. The van der Waals surface area contributed by atoms with Crippen molar-refractivity contribution < 1.29 is 18.0 Å². The van der Waals surface area contributed by atoms with Gasteiger partial charge in [-0.15, -0.1) is 0 Å². The van der Waals surface area contributed by atoms with Crippen LogP contribution in [0.2, 0.25) is 0 Å². The lowest BCUT2D eigenvalue weighted by atomic mass is 10.1. The van der Waals surface area contributed by atoms with Gasteiger partial charge in [0, 0.05) is 0 Å². The van der Waals surface area contributed by atoms with Crippen LogP contribution in [0.1, 0.15) is 11.1 Å². The Hall–Kier alpha value is -2.09. The Morgan fingerprint density at radius 2 is 1.81 bits per heavy atom. The monoisotopic (exact) mass is 225 g/mol. The lowest BCUT2D eigenvalue weighted by molar-refractivity contribution is -0.165. The largest absolute Gasteiger partial charge is 0.454 e. The maximum absolute atomic E-state index is 11.8. The Morgan fingerprint density at radius 1 is 1.25 bits per heavy atom. The first-order valence-corrected chi connectivity index (χ1v) is 4.23. The highest BCUT2D eigenvalue weighted by molar-refractivity contribution is 5.97. The average molecular weight is 225 g/mol. The Morgan fingerprint density at radius 3 is 2.25 bits per heavy atom. The predicted octanol–water partition coefficient (Wildman–Crippen LogP) is 2.70. The minimum absolute atomic E-state index is 0.402. The van der Waals surface area contributed by atoms with Gasteiger partial charge in [-0.1, -0.05) is 18.2 Å². The molecule has 2 nitrogen and oxygen atoms in total. The first kappa shape index (κ1) is 12.0. The second-order valence-electron chi connectivity index (χ2n) is 2.93. The van der Waals surface area contributed by atoms with Gasteiger partial charge >= 0.3 is 6.18 Å². The molecule has 0 heterocycles. The number of carbonyl (C=O) groups excluding carboxylic acids is 1. The Balaban J connectivity index is 2.78. The van der Waals surface area contributed by atoms with E-state index in [0.29, 0.717) is 17.2 Å². The van der Waals surface area contributed by atoms with E-state index in [0.717, 1.165) is 6.08 Å². The topological polar surface area (TPSA) is 40.9 Å².